The van der Waals surface area contributed by atoms with Gasteiger partial charge in [0.1, 0.15) is 6.10 Å². The van der Waals surface area contributed by atoms with Crippen LogP contribution in [0.3, 0.4) is 0 Å². The van der Waals surface area contributed by atoms with Crippen LogP contribution >= 0.6 is 0 Å². The highest BCUT2D eigenvalue weighted by atomic mass is 17.3. The summed E-state index contributed by atoms with van der Waals surface area (Å²) in [5.41, 5.74) is 0. The first-order chi connectivity index (χ1) is 8.63. The molecular weight excluding hydrogens is 236 g/mol. The fourth-order valence-electron chi connectivity index (χ4n) is 2.55. The van der Waals surface area contributed by atoms with Crippen molar-refractivity contribution in [3.05, 3.63) is 0 Å². The second kappa shape index (κ2) is 5.86. The van der Waals surface area contributed by atoms with Gasteiger partial charge in [0.2, 0.25) is 0 Å². The normalized spacial score (nSPS) is 35.2. The van der Waals surface area contributed by atoms with Gasteiger partial charge in [0.15, 0.2) is 0 Å². The van der Waals surface area contributed by atoms with Crippen LogP contribution in [0, 0.1) is 0 Å². The Bertz CT molecular complexity index is 281. The van der Waals surface area contributed by atoms with E-state index in [1.54, 1.807) is 7.05 Å². The number of nitrogens with zero attached hydrogens (tertiary/aromatic N) is 2. The molecule has 0 radical (unpaired) electrons. The Hall–Kier alpha value is -0.850. The summed E-state index contributed by atoms with van der Waals surface area (Å²) in [6, 6.07) is 1.30. The van der Waals surface area contributed by atoms with Crippen molar-refractivity contribution >= 4 is 6.09 Å². The zero-order valence-corrected chi connectivity index (χ0v) is 11.0. The highest BCUT2D eigenvalue weighted by molar-refractivity contribution is 5.64. The number of amides is 1. The van der Waals surface area contributed by atoms with Gasteiger partial charge in [-0.05, 0) is 25.7 Å². The summed E-state index contributed by atoms with van der Waals surface area (Å²) in [6.07, 6.45) is 5.30. The van der Waals surface area contributed by atoms with Gasteiger partial charge in [-0.15, -0.1) is 10.1 Å². The molecule has 0 aromatic heterocycles. The Morgan fingerprint density at radius 2 is 2.28 bits per heavy atom. The maximum absolute atomic E-state index is 10.1. The van der Waals surface area contributed by atoms with Crippen molar-refractivity contribution in [3.63, 3.8) is 0 Å². The molecule has 104 valence electrons. The average Bonchev–Trinajstić information content (AvgIpc) is 2.57. The molecule has 4 aliphatic rings. The number of hydrogen-bond donors (Lipinski definition) is 1. The van der Waals surface area contributed by atoms with Crippen molar-refractivity contribution in [2.45, 2.75) is 57.2 Å². The predicted molar refractivity (Wildman–Crippen MR) is 64.8 cm³/mol. The van der Waals surface area contributed by atoms with E-state index in [9.17, 15) is 4.79 Å². The molecule has 6 heteroatoms. The first-order valence-corrected chi connectivity index (χ1v) is 6.69. The van der Waals surface area contributed by atoms with Gasteiger partial charge in [-0.3, -0.25) is 0 Å². The number of fused-ring (bicyclic) bond motifs is 1. The summed E-state index contributed by atoms with van der Waals surface area (Å²) in [7, 11) is 1.58. The lowest BCUT2D eigenvalue weighted by Crippen LogP contribution is -2.58. The van der Waals surface area contributed by atoms with E-state index in [1.165, 1.54) is 24.2 Å². The third-order valence-corrected chi connectivity index (χ3v) is 3.84. The van der Waals surface area contributed by atoms with Gasteiger partial charge in [0.25, 0.3) is 0 Å². The highest BCUT2D eigenvalue weighted by Gasteiger charge is 2.54. The van der Waals surface area contributed by atoms with Gasteiger partial charge in [0, 0.05) is 19.6 Å². The fourth-order valence-corrected chi connectivity index (χ4v) is 2.55. The number of unbranched alkanes of at least 4 members (excludes halogenated alkanes) is 1. The molecule has 0 aromatic rings. The van der Waals surface area contributed by atoms with Crippen molar-refractivity contribution < 1.29 is 19.8 Å². The van der Waals surface area contributed by atoms with E-state index >= 15 is 0 Å². The van der Waals surface area contributed by atoms with Crippen LogP contribution in [0.4, 0.5) is 4.79 Å². The molecule has 1 amide bonds. The molecule has 4 rings (SSSR count). The minimum absolute atomic E-state index is 0.398. The van der Waals surface area contributed by atoms with Gasteiger partial charge >= 0.3 is 6.09 Å². The van der Waals surface area contributed by atoms with E-state index in [4.69, 9.17) is 15.0 Å². The molecule has 4 atom stereocenters. The lowest BCUT2D eigenvalue weighted by atomic mass is 9.80. The van der Waals surface area contributed by atoms with Gasteiger partial charge in [-0.25, -0.2) is 9.68 Å². The number of carboxylic acid groups (broad SMARTS) is 1. The Labute approximate surface area is 107 Å². The lowest BCUT2D eigenvalue weighted by Gasteiger charge is -2.45. The summed E-state index contributed by atoms with van der Waals surface area (Å²) in [6.45, 7) is 2.68. The van der Waals surface area contributed by atoms with Gasteiger partial charge in [-0.2, -0.15) is 0 Å². The van der Waals surface area contributed by atoms with Crippen LogP contribution in [-0.2, 0) is 9.88 Å². The topological polar surface area (TPSA) is 62.2 Å². The standard InChI is InChI=1S/C6H9NO2.C6H13NO2/c1-2-6-5-3-4(1)7(5)9-8-6;1-3-4-5-7(2)6(8)9/h4-6H,1-3H2;3-5H2,1-2H3,(H,8,9). The fraction of sp³-hybridized carbons (Fsp3) is 0.917. The largest absolute Gasteiger partial charge is 0.465 e. The van der Waals surface area contributed by atoms with E-state index in [0.717, 1.165) is 12.8 Å². The SMILES string of the molecule is C1CC2CC3C1OON23.CCCCN(C)C(=O)O. The second-order valence-electron chi connectivity index (χ2n) is 5.16. The van der Waals surface area contributed by atoms with Gasteiger partial charge in [0.05, 0.1) is 6.04 Å². The number of piperidine rings is 1. The molecule has 3 saturated heterocycles. The van der Waals surface area contributed by atoms with Crippen molar-refractivity contribution in [2.75, 3.05) is 13.6 Å². The Balaban J connectivity index is 0.000000134. The molecule has 4 fully saturated rings. The highest BCUT2D eigenvalue weighted by Crippen LogP contribution is 2.44. The van der Waals surface area contributed by atoms with Crippen LogP contribution < -0.4 is 0 Å². The molecule has 1 aliphatic carbocycles. The quantitative estimate of drug-likeness (QED) is 0.783. The number of hydrogen-bond acceptors (Lipinski definition) is 4. The Morgan fingerprint density at radius 1 is 1.50 bits per heavy atom. The second-order valence-corrected chi connectivity index (χ2v) is 5.16. The molecule has 0 spiro atoms. The van der Waals surface area contributed by atoms with E-state index in [-0.39, 0.29) is 0 Å². The smallest absolute Gasteiger partial charge is 0.407 e. The summed E-state index contributed by atoms with van der Waals surface area (Å²) in [5, 5.41) is 10.3. The molecule has 18 heavy (non-hydrogen) atoms. The predicted octanol–water partition coefficient (Wildman–Crippen LogP) is 1.86. The zero-order valence-electron chi connectivity index (χ0n) is 11.0. The first-order valence-electron chi connectivity index (χ1n) is 6.69. The zero-order chi connectivity index (χ0) is 13.1. The molecule has 3 heterocycles. The first kappa shape index (κ1) is 13.6. The van der Waals surface area contributed by atoms with Crippen LogP contribution in [0.15, 0.2) is 0 Å². The van der Waals surface area contributed by atoms with E-state index in [2.05, 4.69) is 0 Å². The molecule has 1 N–H and O–H groups in total. The van der Waals surface area contributed by atoms with Crippen LogP contribution in [0.5, 0.6) is 0 Å². The van der Waals surface area contributed by atoms with Crippen LogP contribution in [-0.4, -0.2) is 52.9 Å². The minimum Gasteiger partial charge on any atom is -0.465 e. The van der Waals surface area contributed by atoms with E-state index in [0.29, 0.717) is 24.7 Å². The number of hydroxylamine groups is 2. The monoisotopic (exact) mass is 258 g/mol. The van der Waals surface area contributed by atoms with E-state index < -0.39 is 6.09 Å². The molecule has 0 aromatic carbocycles. The van der Waals surface area contributed by atoms with Crippen molar-refractivity contribution in [3.8, 4) is 0 Å². The van der Waals surface area contributed by atoms with Crippen LogP contribution in [0.1, 0.15) is 39.0 Å². The minimum atomic E-state index is -0.844. The molecule has 6 nitrogen and oxygen atoms in total. The summed E-state index contributed by atoms with van der Waals surface area (Å²) < 4.78 is 0. The third-order valence-electron chi connectivity index (χ3n) is 3.84. The van der Waals surface area contributed by atoms with Crippen molar-refractivity contribution in [1.82, 2.24) is 9.96 Å². The van der Waals surface area contributed by atoms with Gasteiger partial charge in [-0.1, -0.05) is 13.3 Å². The molecule has 4 bridgehead atoms. The summed E-state index contributed by atoms with van der Waals surface area (Å²) in [5.74, 6) is 0. The summed E-state index contributed by atoms with van der Waals surface area (Å²) in [4.78, 5) is 21.5. The molecule has 1 saturated carbocycles. The Morgan fingerprint density at radius 3 is 2.78 bits per heavy atom. The van der Waals surface area contributed by atoms with Crippen LogP contribution in [0.2, 0.25) is 0 Å². The van der Waals surface area contributed by atoms with Crippen molar-refractivity contribution in [1.29, 1.82) is 0 Å². The average molecular weight is 258 g/mol. The number of carbonyl (C=O) groups is 1. The maximum atomic E-state index is 10.1. The maximum Gasteiger partial charge on any atom is 0.407 e. The Kier molecular flexibility index (Phi) is 4.42. The van der Waals surface area contributed by atoms with Crippen LogP contribution in [0.25, 0.3) is 0 Å². The lowest BCUT2D eigenvalue weighted by molar-refractivity contribution is -0.399. The third kappa shape index (κ3) is 2.76. The van der Waals surface area contributed by atoms with Crippen molar-refractivity contribution in [2.24, 2.45) is 0 Å². The molecule has 4 unspecified atom stereocenters. The van der Waals surface area contributed by atoms with E-state index in [1.807, 2.05) is 12.0 Å². The number of rotatable bonds is 3. The summed E-state index contributed by atoms with van der Waals surface area (Å²) >= 11 is 0. The van der Waals surface area contributed by atoms with Gasteiger partial charge < -0.3 is 10.0 Å². The molecule has 3 aliphatic heterocycles. The molecular formula is C12H22N2O4.